The zero-order valence-electron chi connectivity index (χ0n) is 16.3. The average Bonchev–Trinajstić information content (AvgIpc) is 2.68. The molecule has 4 heteroatoms. The van der Waals surface area contributed by atoms with Gasteiger partial charge in [0.05, 0.1) is 6.04 Å². The molecule has 1 N–H and O–H groups in total. The molecule has 0 spiro atoms. The minimum atomic E-state index is -0.0159. The predicted molar refractivity (Wildman–Crippen MR) is 110 cm³/mol. The van der Waals surface area contributed by atoms with Crippen LogP contribution < -0.4 is 5.32 Å². The van der Waals surface area contributed by atoms with Crippen molar-refractivity contribution in [1.29, 1.82) is 0 Å². The Morgan fingerprint density at radius 1 is 1.00 bits per heavy atom. The summed E-state index contributed by atoms with van der Waals surface area (Å²) >= 11 is 0. The molecule has 1 unspecified atom stereocenters. The van der Waals surface area contributed by atoms with Gasteiger partial charge >= 0.3 is 6.03 Å². The first kappa shape index (κ1) is 18.1. The van der Waals surface area contributed by atoms with Crippen molar-refractivity contribution < 1.29 is 4.79 Å². The molecule has 1 saturated heterocycles. The Balaban J connectivity index is 1.64. The van der Waals surface area contributed by atoms with Gasteiger partial charge in [0.2, 0.25) is 0 Å². The van der Waals surface area contributed by atoms with Crippen molar-refractivity contribution >= 4 is 11.7 Å². The number of carbonyl (C=O) groups is 1. The second-order valence-corrected chi connectivity index (χ2v) is 8.16. The number of rotatable bonds is 4. The smallest absolute Gasteiger partial charge is 0.310 e. The number of anilines is 1. The fourth-order valence-corrected chi connectivity index (χ4v) is 4.54. The standard InChI is InChI=1S/C23H29N3O/c1-17(2)16-25-14-12-19(13-15-25)26-22(18-8-4-3-5-9-18)20-10-6-7-11-21(20)24-23(26)27/h3-11,17,19,22H,12-16H2,1-2H3,(H,24,27). The molecule has 27 heavy (non-hydrogen) atoms. The van der Waals surface area contributed by atoms with Crippen molar-refractivity contribution in [2.24, 2.45) is 5.92 Å². The lowest BCUT2D eigenvalue weighted by atomic mass is 9.90. The van der Waals surface area contributed by atoms with E-state index < -0.39 is 0 Å². The third kappa shape index (κ3) is 3.72. The summed E-state index contributed by atoms with van der Waals surface area (Å²) in [4.78, 5) is 17.7. The third-order valence-corrected chi connectivity index (χ3v) is 5.70. The zero-order chi connectivity index (χ0) is 18.8. The summed E-state index contributed by atoms with van der Waals surface area (Å²) in [5.41, 5.74) is 3.31. The predicted octanol–water partition coefficient (Wildman–Crippen LogP) is 4.74. The van der Waals surface area contributed by atoms with Gasteiger partial charge in [0.1, 0.15) is 0 Å². The van der Waals surface area contributed by atoms with Gasteiger partial charge in [-0.25, -0.2) is 4.79 Å². The molecule has 2 aliphatic rings. The minimum absolute atomic E-state index is 0.0159. The fraction of sp³-hybridized carbons (Fsp3) is 0.435. The Morgan fingerprint density at radius 2 is 1.67 bits per heavy atom. The highest BCUT2D eigenvalue weighted by Gasteiger charge is 2.38. The van der Waals surface area contributed by atoms with Gasteiger partial charge in [-0.05, 0) is 30.4 Å². The van der Waals surface area contributed by atoms with Gasteiger partial charge in [-0.3, -0.25) is 0 Å². The van der Waals surface area contributed by atoms with Crippen molar-refractivity contribution in [2.75, 3.05) is 25.0 Å². The molecule has 0 aliphatic carbocycles. The first-order chi connectivity index (χ1) is 13.1. The molecular weight excluding hydrogens is 334 g/mol. The maximum Gasteiger partial charge on any atom is 0.322 e. The van der Waals surface area contributed by atoms with Crippen LogP contribution in [0.2, 0.25) is 0 Å². The second kappa shape index (κ2) is 7.73. The van der Waals surface area contributed by atoms with Crippen LogP contribution in [0.15, 0.2) is 54.6 Å². The molecule has 4 nitrogen and oxygen atoms in total. The van der Waals surface area contributed by atoms with Crippen LogP contribution in [-0.4, -0.2) is 41.5 Å². The molecule has 2 amide bonds. The van der Waals surface area contributed by atoms with Gasteiger partial charge in [-0.1, -0.05) is 62.4 Å². The van der Waals surface area contributed by atoms with Crippen LogP contribution in [0.4, 0.5) is 10.5 Å². The molecule has 0 saturated carbocycles. The van der Waals surface area contributed by atoms with Crippen molar-refractivity contribution in [3.63, 3.8) is 0 Å². The lowest BCUT2D eigenvalue weighted by molar-refractivity contribution is 0.103. The molecule has 1 fully saturated rings. The maximum atomic E-state index is 13.1. The van der Waals surface area contributed by atoms with Gasteiger partial charge < -0.3 is 15.1 Å². The van der Waals surface area contributed by atoms with Crippen LogP contribution in [0.1, 0.15) is 43.9 Å². The number of amides is 2. The van der Waals surface area contributed by atoms with Crippen LogP contribution in [-0.2, 0) is 0 Å². The molecule has 2 aliphatic heterocycles. The van der Waals surface area contributed by atoms with Crippen LogP contribution >= 0.6 is 0 Å². The highest BCUT2D eigenvalue weighted by molar-refractivity contribution is 5.93. The van der Waals surface area contributed by atoms with Gasteiger partial charge in [-0.2, -0.15) is 0 Å². The number of urea groups is 1. The van der Waals surface area contributed by atoms with Crippen LogP contribution in [0.5, 0.6) is 0 Å². The Bertz CT molecular complexity index is 781. The average molecular weight is 364 g/mol. The Kier molecular flexibility index (Phi) is 5.17. The van der Waals surface area contributed by atoms with E-state index in [0.717, 1.165) is 38.2 Å². The number of likely N-dealkylation sites (tertiary alicyclic amines) is 1. The normalized spacial score (nSPS) is 21.2. The van der Waals surface area contributed by atoms with Crippen molar-refractivity contribution in [1.82, 2.24) is 9.80 Å². The van der Waals surface area contributed by atoms with E-state index in [9.17, 15) is 4.79 Å². The number of benzene rings is 2. The molecule has 142 valence electrons. The number of para-hydroxylation sites is 1. The molecular formula is C23H29N3O. The molecule has 2 heterocycles. The van der Waals surface area contributed by atoms with Crippen LogP contribution in [0.25, 0.3) is 0 Å². The summed E-state index contributed by atoms with van der Waals surface area (Å²) in [7, 11) is 0. The summed E-state index contributed by atoms with van der Waals surface area (Å²) in [6.07, 6.45) is 2.07. The van der Waals surface area contributed by atoms with Crippen LogP contribution in [0, 0.1) is 5.92 Å². The van der Waals surface area contributed by atoms with Crippen LogP contribution in [0.3, 0.4) is 0 Å². The molecule has 0 radical (unpaired) electrons. The highest BCUT2D eigenvalue weighted by atomic mass is 16.2. The molecule has 4 rings (SSSR count). The summed E-state index contributed by atoms with van der Waals surface area (Å²) in [6.45, 7) is 7.81. The summed E-state index contributed by atoms with van der Waals surface area (Å²) in [5.74, 6) is 0.684. The lowest BCUT2D eigenvalue weighted by Crippen LogP contribution is -2.52. The summed E-state index contributed by atoms with van der Waals surface area (Å²) < 4.78 is 0. The number of nitrogens with zero attached hydrogens (tertiary/aromatic N) is 2. The number of hydrogen-bond acceptors (Lipinski definition) is 2. The summed E-state index contributed by atoms with van der Waals surface area (Å²) in [6, 6.07) is 18.9. The number of hydrogen-bond donors (Lipinski definition) is 1. The number of carbonyl (C=O) groups excluding carboxylic acids is 1. The van der Waals surface area contributed by atoms with E-state index in [-0.39, 0.29) is 18.1 Å². The topological polar surface area (TPSA) is 35.6 Å². The van der Waals surface area contributed by atoms with E-state index in [2.05, 4.69) is 65.4 Å². The fourth-order valence-electron chi connectivity index (χ4n) is 4.54. The van der Waals surface area contributed by atoms with Gasteiger partial charge in [0, 0.05) is 36.9 Å². The van der Waals surface area contributed by atoms with E-state index in [4.69, 9.17) is 0 Å². The third-order valence-electron chi connectivity index (χ3n) is 5.70. The Hall–Kier alpha value is -2.33. The zero-order valence-corrected chi connectivity index (χ0v) is 16.3. The van der Waals surface area contributed by atoms with Crippen molar-refractivity contribution in [2.45, 2.75) is 38.8 Å². The number of fused-ring (bicyclic) bond motifs is 1. The minimum Gasteiger partial charge on any atom is -0.310 e. The van der Waals surface area contributed by atoms with Gasteiger partial charge in [0.25, 0.3) is 0 Å². The maximum absolute atomic E-state index is 13.1. The molecule has 0 aromatic heterocycles. The molecule has 1 atom stereocenters. The molecule has 2 aromatic rings. The molecule has 0 bridgehead atoms. The van der Waals surface area contributed by atoms with E-state index in [1.807, 2.05) is 18.2 Å². The largest absolute Gasteiger partial charge is 0.322 e. The lowest BCUT2D eigenvalue weighted by Gasteiger charge is -2.45. The van der Waals surface area contributed by atoms with E-state index >= 15 is 0 Å². The number of piperidine rings is 1. The monoisotopic (exact) mass is 363 g/mol. The first-order valence-corrected chi connectivity index (χ1v) is 10.1. The van der Waals surface area contributed by atoms with Gasteiger partial charge in [-0.15, -0.1) is 0 Å². The highest BCUT2D eigenvalue weighted by Crippen LogP contribution is 2.40. The summed E-state index contributed by atoms with van der Waals surface area (Å²) in [5, 5.41) is 3.12. The quantitative estimate of drug-likeness (QED) is 0.851. The SMILES string of the molecule is CC(C)CN1CCC(N2C(=O)Nc3ccccc3C2c2ccccc2)CC1. The van der Waals surface area contributed by atoms with Gasteiger partial charge in [0.15, 0.2) is 0 Å². The Morgan fingerprint density at radius 3 is 2.37 bits per heavy atom. The van der Waals surface area contributed by atoms with E-state index in [0.29, 0.717) is 5.92 Å². The van der Waals surface area contributed by atoms with Crippen molar-refractivity contribution in [3.05, 3.63) is 65.7 Å². The number of nitrogens with one attached hydrogen (secondary N) is 1. The van der Waals surface area contributed by atoms with Crippen molar-refractivity contribution in [3.8, 4) is 0 Å². The molecule has 2 aromatic carbocycles. The second-order valence-electron chi connectivity index (χ2n) is 8.16. The van der Waals surface area contributed by atoms with E-state index in [1.54, 1.807) is 0 Å². The first-order valence-electron chi connectivity index (χ1n) is 10.1. The van der Waals surface area contributed by atoms with E-state index in [1.165, 1.54) is 11.1 Å². The Labute approximate surface area is 162 Å².